The van der Waals surface area contributed by atoms with Gasteiger partial charge in [-0.1, -0.05) is 0 Å². The number of carboxylic acid groups (broad SMARTS) is 1. The Morgan fingerprint density at radius 1 is 1.18 bits per heavy atom. The molecule has 1 aliphatic carbocycles. The van der Waals surface area contributed by atoms with Crippen LogP contribution in [0.3, 0.4) is 0 Å². The summed E-state index contributed by atoms with van der Waals surface area (Å²) >= 11 is 0. The zero-order chi connectivity index (χ0) is 24.5. The van der Waals surface area contributed by atoms with Crippen molar-refractivity contribution in [2.75, 3.05) is 27.0 Å². The molecule has 2 aliphatic rings. The van der Waals surface area contributed by atoms with Crippen LogP contribution in [0.4, 0.5) is 18.0 Å². The van der Waals surface area contributed by atoms with E-state index in [1.807, 2.05) is 0 Å². The number of nitrogens with zero attached hydrogens (tertiary/aromatic N) is 3. The number of hydrogen-bond donors (Lipinski definition) is 1. The van der Waals surface area contributed by atoms with Crippen LogP contribution in [0.15, 0.2) is 18.2 Å². The van der Waals surface area contributed by atoms with Crippen molar-refractivity contribution in [3.8, 4) is 17.0 Å². The molecule has 1 aliphatic heterocycles. The van der Waals surface area contributed by atoms with Crippen LogP contribution in [0.2, 0.25) is 0 Å². The molecule has 0 bridgehead atoms. The number of ether oxygens (including phenoxy) is 2. The highest BCUT2D eigenvalue weighted by molar-refractivity contribution is 5.98. The molecule has 2 heterocycles. The third-order valence-corrected chi connectivity index (χ3v) is 6.23. The second kappa shape index (κ2) is 9.57. The summed E-state index contributed by atoms with van der Waals surface area (Å²) in [4.78, 5) is 25.8. The van der Waals surface area contributed by atoms with Gasteiger partial charge in [0.15, 0.2) is 12.6 Å². The fourth-order valence-corrected chi connectivity index (χ4v) is 4.60. The van der Waals surface area contributed by atoms with Gasteiger partial charge >= 0.3 is 12.3 Å². The van der Waals surface area contributed by atoms with Crippen LogP contribution in [0.1, 0.15) is 46.4 Å². The van der Waals surface area contributed by atoms with E-state index in [0.717, 1.165) is 29.7 Å². The molecular weight excluding hydrogens is 455 g/mol. The van der Waals surface area contributed by atoms with Crippen LogP contribution < -0.4 is 4.74 Å². The molecule has 2 aromatic rings. The molecule has 4 rings (SSSR count). The molecule has 1 aromatic heterocycles. The predicted molar refractivity (Wildman–Crippen MR) is 114 cm³/mol. The number of fused-ring (bicyclic) bond motifs is 1. The maximum Gasteiger partial charge on any atom is 0.416 e. The van der Waals surface area contributed by atoms with Gasteiger partial charge in [-0.05, 0) is 61.4 Å². The first kappa shape index (κ1) is 23.9. The van der Waals surface area contributed by atoms with E-state index in [9.17, 15) is 27.9 Å². The Labute approximate surface area is 193 Å². The number of ketones is 1. The molecule has 1 saturated heterocycles. The van der Waals surface area contributed by atoms with E-state index in [4.69, 9.17) is 9.47 Å². The minimum absolute atomic E-state index is 0.0384. The number of aromatic nitrogens is 2. The Hall–Kier alpha value is -3.21. The van der Waals surface area contributed by atoms with E-state index >= 15 is 0 Å². The monoisotopic (exact) mass is 479 g/mol. The molecule has 11 heteroatoms. The highest BCUT2D eigenvalue weighted by atomic mass is 19.4. The molecule has 1 atom stereocenters. The van der Waals surface area contributed by atoms with Crippen LogP contribution in [0, 0.1) is 5.92 Å². The number of rotatable bonds is 6. The van der Waals surface area contributed by atoms with Gasteiger partial charge in [0.05, 0.1) is 5.56 Å². The number of alkyl halides is 3. The lowest BCUT2D eigenvalue weighted by molar-refractivity contribution is -0.137. The zero-order valence-electron chi connectivity index (χ0n) is 18.5. The predicted octanol–water partition coefficient (Wildman–Crippen LogP) is 4.21. The van der Waals surface area contributed by atoms with Crippen LogP contribution in [-0.4, -0.2) is 59.1 Å². The Balaban J connectivity index is 1.71. The standard InChI is InChI=1S/C23H24F3N3O5/c1-33-12-34-18-10-14(23(24,25)26)7-8-17(18)19-15-5-2-6-16(15)20(28-27-19)21(30)13-4-3-9-29(11-13)22(31)32/h7-8,10,13H,2-6,9,11-12H2,1H3,(H,31,32)/t13-/m1/s1. The van der Waals surface area contributed by atoms with Gasteiger partial charge < -0.3 is 19.5 Å². The smallest absolute Gasteiger partial charge is 0.416 e. The van der Waals surface area contributed by atoms with Crippen LogP contribution in [0.5, 0.6) is 5.75 Å². The number of benzene rings is 1. The van der Waals surface area contributed by atoms with Gasteiger partial charge in [-0.3, -0.25) is 4.79 Å². The SMILES string of the molecule is COCOc1cc(C(F)(F)F)ccc1-c1nnc(C(=O)[C@@H]2CCCN(C(=O)O)C2)c2c1CCC2. The van der Waals surface area contributed by atoms with Crippen molar-refractivity contribution in [2.45, 2.75) is 38.3 Å². The Kier molecular flexibility index (Phi) is 6.74. The van der Waals surface area contributed by atoms with Crippen molar-refractivity contribution < 1.29 is 37.3 Å². The molecule has 0 unspecified atom stereocenters. The van der Waals surface area contributed by atoms with Crippen molar-refractivity contribution in [3.63, 3.8) is 0 Å². The third kappa shape index (κ3) is 4.70. The van der Waals surface area contributed by atoms with E-state index in [-0.39, 0.29) is 30.6 Å². The van der Waals surface area contributed by atoms with Crippen LogP contribution in [0.25, 0.3) is 11.3 Å². The van der Waals surface area contributed by atoms with Crippen molar-refractivity contribution in [1.29, 1.82) is 0 Å². The van der Waals surface area contributed by atoms with E-state index in [1.54, 1.807) is 0 Å². The molecule has 34 heavy (non-hydrogen) atoms. The lowest BCUT2D eigenvalue weighted by Gasteiger charge is -2.29. The number of amides is 1. The summed E-state index contributed by atoms with van der Waals surface area (Å²) in [7, 11) is 1.36. The number of carbonyl (C=O) groups excluding carboxylic acids is 1. The normalized spacial score (nSPS) is 18.0. The molecule has 0 spiro atoms. The lowest BCUT2D eigenvalue weighted by atomic mass is 9.89. The molecule has 1 amide bonds. The molecule has 8 nitrogen and oxygen atoms in total. The van der Waals surface area contributed by atoms with Gasteiger partial charge in [0.25, 0.3) is 0 Å². The number of Topliss-reactive ketones (excluding diaryl/α,β-unsaturated/α-hetero) is 1. The Morgan fingerprint density at radius 2 is 1.94 bits per heavy atom. The van der Waals surface area contributed by atoms with E-state index in [1.165, 1.54) is 18.1 Å². The maximum atomic E-state index is 13.3. The van der Waals surface area contributed by atoms with Crippen LogP contribution in [-0.2, 0) is 23.8 Å². The Morgan fingerprint density at radius 3 is 2.65 bits per heavy atom. The first-order valence-electron chi connectivity index (χ1n) is 10.9. The van der Waals surface area contributed by atoms with E-state index in [2.05, 4.69) is 10.2 Å². The molecule has 0 radical (unpaired) electrons. The Bertz CT molecular complexity index is 1110. The topological polar surface area (TPSA) is 102 Å². The molecular formula is C23H24F3N3O5. The highest BCUT2D eigenvalue weighted by Gasteiger charge is 2.35. The summed E-state index contributed by atoms with van der Waals surface area (Å²) in [6.45, 7) is 0.253. The summed E-state index contributed by atoms with van der Waals surface area (Å²) in [6, 6.07) is 3.16. The lowest BCUT2D eigenvalue weighted by Crippen LogP contribution is -2.42. The average molecular weight is 479 g/mol. The molecule has 182 valence electrons. The number of piperidine rings is 1. The molecule has 1 fully saturated rings. The van der Waals surface area contributed by atoms with Gasteiger partial charge in [0.2, 0.25) is 0 Å². The fraction of sp³-hybridized carbons (Fsp3) is 0.478. The fourth-order valence-electron chi connectivity index (χ4n) is 4.60. The average Bonchev–Trinajstić information content (AvgIpc) is 3.31. The van der Waals surface area contributed by atoms with Gasteiger partial charge in [0.1, 0.15) is 17.1 Å². The summed E-state index contributed by atoms with van der Waals surface area (Å²) in [5, 5.41) is 17.7. The second-order valence-electron chi connectivity index (χ2n) is 8.40. The number of likely N-dealkylation sites (tertiary alicyclic amines) is 1. The van der Waals surface area contributed by atoms with Crippen molar-refractivity contribution in [2.24, 2.45) is 5.92 Å². The first-order valence-corrected chi connectivity index (χ1v) is 10.9. The summed E-state index contributed by atoms with van der Waals surface area (Å²) in [6.07, 6.45) is -2.53. The molecule has 1 aromatic carbocycles. The molecule has 1 N–H and O–H groups in total. The highest BCUT2D eigenvalue weighted by Crippen LogP contribution is 2.40. The minimum Gasteiger partial charge on any atom is -0.467 e. The van der Waals surface area contributed by atoms with Gasteiger partial charge in [-0.2, -0.15) is 13.2 Å². The first-order chi connectivity index (χ1) is 16.2. The largest absolute Gasteiger partial charge is 0.467 e. The van der Waals surface area contributed by atoms with Crippen molar-refractivity contribution in [3.05, 3.63) is 40.6 Å². The second-order valence-corrected chi connectivity index (χ2v) is 8.40. The van der Waals surface area contributed by atoms with E-state index < -0.39 is 23.8 Å². The number of carbonyl (C=O) groups is 2. The van der Waals surface area contributed by atoms with Crippen molar-refractivity contribution >= 4 is 11.9 Å². The van der Waals surface area contributed by atoms with Gasteiger partial charge in [-0.25, -0.2) is 4.79 Å². The third-order valence-electron chi connectivity index (χ3n) is 6.23. The van der Waals surface area contributed by atoms with E-state index in [0.29, 0.717) is 43.5 Å². The quantitative estimate of drug-likeness (QED) is 0.489. The number of hydrogen-bond acceptors (Lipinski definition) is 6. The number of halogens is 3. The van der Waals surface area contributed by atoms with Gasteiger partial charge in [-0.15, -0.1) is 10.2 Å². The zero-order valence-corrected chi connectivity index (χ0v) is 18.5. The molecule has 0 saturated carbocycles. The van der Waals surface area contributed by atoms with Crippen LogP contribution >= 0.6 is 0 Å². The maximum absolute atomic E-state index is 13.3. The summed E-state index contributed by atoms with van der Waals surface area (Å²) < 4.78 is 50.0. The number of methoxy groups -OCH3 is 1. The summed E-state index contributed by atoms with van der Waals surface area (Å²) in [5.41, 5.74) is 1.55. The van der Waals surface area contributed by atoms with Crippen molar-refractivity contribution in [1.82, 2.24) is 15.1 Å². The van der Waals surface area contributed by atoms with Gasteiger partial charge in [0, 0.05) is 31.7 Å². The summed E-state index contributed by atoms with van der Waals surface area (Å²) in [5.74, 6) is -0.781. The minimum atomic E-state index is -4.54.